The van der Waals surface area contributed by atoms with Gasteiger partial charge in [-0.1, -0.05) is 0 Å². The average Bonchev–Trinajstić information content (AvgIpc) is 1.65. The highest BCUT2D eigenvalue weighted by Crippen LogP contribution is 2.09. The van der Waals surface area contributed by atoms with Crippen molar-refractivity contribution in [3.05, 3.63) is 0 Å². The van der Waals surface area contributed by atoms with E-state index < -0.39 is 9.84 Å². The molecule has 0 N–H and O–H groups in total. The Hall–Kier alpha value is 0.300. The zero-order chi connectivity index (χ0) is 6.04. The maximum absolute atomic E-state index is 10.6. The Morgan fingerprint density at radius 2 is 1.62 bits per heavy atom. The minimum atomic E-state index is -2.60. The molecule has 0 unspecified atom stereocenters. The molecule has 48 valence electrons. The standard InChI is InChI=1S/C4H8O2S2/c5-8(6)3-1-7-2-4-8/h1-4H2. The van der Waals surface area contributed by atoms with Crippen molar-refractivity contribution in [3.8, 4) is 0 Å². The summed E-state index contributed by atoms with van der Waals surface area (Å²) in [6, 6.07) is 0. The van der Waals surface area contributed by atoms with Crippen LogP contribution in [0.4, 0.5) is 0 Å². The highest BCUT2D eigenvalue weighted by Gasteiger charge is 2.14. The van der Waals surface area contributed by atoms with E-state index in [2.05, 4.69) is 0 Å². The average molecular weight is 152 g/mol. The number of rotatable bonds is 0. The molecule has 1 rings (SSSR count). The molecule has 0 aromatic rings. The molecule has 0 amide bonds. The fraction of sp³-hybridized carbons (Fsp3) is 1.00. The molecular formula is C4H8O2S2. The molecule has 0 aromatic heterocycles. The fourth-order valence-electron chi connectivity index (χ4n) is 0.576. The van der Waals surface area contributed by atoms with Gasteiger partial charge in [0.25, 0.3) is 0 Å². The Labute approximate surface area is 53.6 Å². The van der Waals surface area contributed by atoms with Crippen molar-refractivity contribution < 1.29 is 8.42 Å². The fourth-order valence-corrected chi connectivity index (χ4v) is 3.96. The second kappa shape index (κ2) is 2.27. The van der Waals surface area contributed by atoms with E-state index >= 15 is 0 Å². The molecule has 0 aromatic carbocycles. The van der Waals surface area contributed by atoms with Crippen molar-refractivity contribution in [1.82, 2.24) is 0 Å². The summed E-state index contributed by atoms with van der Waals surface area (Å²) in [4.78, 5) is 0. The molecule has 1 fully saturated rings. The van der Waals surface area contributed by atoms with Gasteiger partial charge in [0, 0.05) is 11.5 Å². The van der Waals surface area contributed by atoms with Crippen molar-refractivity contribution in [3.63, 3.8) is 0 Å². The third-order valence-corrected chi connectivity index (χ3v) is 4.23. The molecule has 0 spiro atoms. The van der Waals surface area contributed by atoms with Crippen LogP contribution >= 0.6 is 11.8 Å². The van der Waals surface area contributed by atoms with E-state index in [9.17, 15) is 8.42 Å². The van der Waals surface area contributed by atoms with Crippen LogP contribution in [0.2, 0.25) is 0 Å². The topological polar surface area (TPSA) is 34.1 Å². The van der Waals surface area contributed by atoms with Gasteiger partial charge in [-0.15, -0.1) is 0 Å². The minimum Gasteiger partial charge on any atom is -0.229 e. The van der Waals surface area contributed by atoms with Crippen LogP contribution in [0, 0.1) is 0 Å². The zero-order valence-electron chi connectivity index (χ0n) is 4.46. The normalized spacial score (nSPS) is 27.5. The second-order valence-corrected chi connectivity index (χ2v) is 5.29. The van der Waals surface area contributed by atoms with Gasteiger partial charge in [0.1, 0.15) is 0 Å². The Bertz CT molecular complexity index is 147. The van der Waals surface area contributed by atoms with Crippen LogP contribution in [0.3, 0.4) is 0 Å². The van der Waals surface area contributed by atoms with E-state index in [0.29, 0.717) is 11.5 Å². The summed E-state index contributed by atoms with van der Waals surface area (Å²) in [6.45, 7) is 0. The van der Waals surface area contributed by atoms with Crippen molar-refractivity contribution in [2.45, 2.75) is 0 Å². The number of sulfone groups is 1. The van der Waals surface area contributed by atoms with E-state index in [1.165, 1.54) is 0 Å². The van der Waals surface area contributed by atoms with E-state index in [1.807, 2.05) is 0 Å². The summed E-state index contributed by atoms with van der Waals surface area (Å²) < 4.78 is 21.3. The molecule has 1 saturated heterocycles. The monoisotopic (exact) mass is 152 g/mol. The van der Waals surface area contributed by atoms with Crippen molar-refractivity contribution in [1.29, 1.82) is 0 Å². The minimum absolute atomic E-state index is 0.387. The van der Waals surface area contributed by atoms with Gasteiger partial charge in [0.05, 0.1) is 11.5 Å². The summed E-state index contributed by atoms with van der Waals surface area (Å²) in [5.74, 6) is 2.36. The quantitative estimate of drug-likeness (QED) is 0.495. The maximum atomic E-state index is 10.6. The highest BCUT2D eigenvalue weighted by molar-refractivity contribution is 8.03. The molecule has 4 heteroatoms. The molecule has 0 aliphatic carbocycles. The smallest absolute Gasteiger partial charge is 0.151 e. The third-order valence-electron chi connectivity index (χ3n) is 1.08. The van der Waals surface area contributed by atoms with Gasteiger partial charge in [0.2, 0.25) is 0 Å². The van der Waals surface area contributed by atoms with Crippen molar-refractivity contribution in [2.75, 3.05) is 23.0 Å². The first-order valence-electron chi connectivity index (χ1n) is 2.49. The van der Waals surface area contributed by atoms with Crippen molar-refractivity contribution in [2.24, 2.45) is 0 Å². The molecule has 0 radical (unpaired) electrons. The predicted molar refractivity (Wildman–Crippen MR) is 36.0 cm³/mol. The zero-order valence-corrected chi connectivity index (χ0v) is 6.09. The number of hydrogen-bond donors (Lipinski definition) is 0. The van der Waals surface area contributed by atoms with E-state index in [0.717, 1.165) is 11.5 Å². The molecule has 0 bridgehead atoms. The Morgan fingerprint density at radius 3 is 1.88 bits per heavy atom. The lowest BCUT2D eigenvalue weighted by molar-refractivity contribution is 0.598. The molecular weight excluding hydrogens is 144 g/mol. The van der Waals surface area contributed by atoms with Gasteiger partial charge in [-0.2, -0.15) is 11.8 Å². The molecule has 1 aliphatic rings. The Balaban J connectivity index is 2.58. The van der Waals surface area contributed by atoms with Crippen LogP contribution in [0.5, 0.6) is 0 Å². The lowest BCUT2D eigenvalue weighted by Crippen LogP contribution is -2.19. The highest BCUT2D eigenvalue weighted by atomic mass is 32.2. The second-order valence-electron chi connectivity index (χ2n) is 1.76. The maximum Gasteiger partial charge on any atom is 0.151 e. The first-order valence-corrected chi connectivity index (χ1v) is 5.46. The Morgan fingerprint density at radius 1 is 1.12 bits per heavy atom. The van der Waals surface area contributed by atoms with Gasteiger partial charge in [-0.05, 0) is 0 Å². The molecule has 0 atom stereocenters. The van der Waals surface area contributed by atoms with Crippen molar-refractivity contribution >= 4 is 21.6 Å². The Kier molecular flexibility index (Phi) is 1.82. The molecule has 0 saturated carbocycles. The van der Waals surface area contributed by atoms with Gasteiger partial charge in [0.15, 0.2) is 9.84 Å². The molecule has 2 nitrogen and oxygen atoms in total. The molecule has 8 heavy (non-hydrogen) atoms. The summed E-state index contributed by atoms with van der Waals surface area (Å²) in [5.41, 5.74) is 0. The lowest BCUT2D eigenvalue weighted by atomic mass is 10.9. The summed E-state index contributed by atoms with van der Waals surface area (Å²) in [5, 5.41) is 0. The van der Waals surface area contributed by atoms with Crippen LogP contribution < -0.4 is 0 Å². The van der Waals surface area contributed by atoms with Crippen LogP contribution in [-0.2, 0) is 9.84 Å². The lowest BCUT2D eigenvalue weighted by Gasteiger charge is -2.08. The first-order chi connectivity index (χ1) is 3.71. The third kappa shape index (κ3) is 1.67. The van der Waals surface area contributed by atoms with Crippen LogP contribution in [0.1, 0.15) is 0 Å². The van der Waals surface area contributed by atoms with Gasteiger partial charge in [-0.25, -0.2) is 8.42 Å². The van der Waals surface area contributed by atoms with E-state index in [-0.39, 0.29) is 0 Å². The SMILES string of the molecule is O=S1(=O)CCSCC1. The largest absolute Gasteiger partial charge is 0.229 e. The van der Waals surface area contributed by atoms with Crippen LogP contribution in [-0.4, -0.2) is 31.4 Å². The van der Waals surface area contributed by atoms with Crippen LogP contribution in [0.25, 0.3) is 0 Å². The summed E-state index contributed by atoms with van der Waals surface area (Å²) >= 11 is 1.72. The van der Waals surface area contributed by atoms with Crippen LogP contribution in [0.15, 0.2) is 0 Å². The molecule has 1 heterocycles. The van der Waals surface area contributed by atoms with Gasteiger partial charge in [-0.3, -0.25) is 0 Å². The molecule has 1 aliphatic heterocycles. The summed E-state index contributed by atoms with van der Waals surface area (Å²) in [6.07, 6.45) is 0. The number of thioether (sulfide) groups is 1. The van der Waals surface area contributed by atoms with E-state index in [1.54, 1.807) is 11.8 Å². The first kappa shape index (κ1) is 6.42. The van der Waals surface area contributed by atoms with E-state index in [4.69, 9.17) is 0 Å². The number of hydrogen-bond acceptors (Lipinski definition) is 3. The summed E-state index contributed by atoms with van der Waals surface area (Å²) in [7, 11) is -2.60. The van der Waals surface area contributed by atoms with Gasteiger partial charge >= 0.3 is 0 Å². The van der Waals surface area contributed by atoms with Gasteiger partial charge < -0.3 is 0 Å². The predicted octanol–water partition coefficient (Wildman–Crippen LogP) is 0.148.